The van der Waals surface area contributed by atoms with E-state index in [1.165, 1.54) is 0 Å². The number of carbonyl (C=O) groups is 1. The maximum atomic E-state index is 12.3. The number of carbonyl (C=O) groups excluding carboxylic acids is 1. The van der Waals surface area contributed by atoms with Crippen molar-refractivity contribution >= 4 is 5.78 Å². The summed E-state index contributed by atoms with van der Waals surface area (Å²) in [5.74, 6) is 0.630. The van der Waals surface area contributed by atoms with Crippen LogP contribution in [0.1, 0.15) is 29.3 Å². The van der Waals surface area contributed by atoms with Crippen LogP contribution in [-0.2, 0) is 0 Å². The van der Waals surface area contributed by atoms with Gasteiger partial charge in [0.2, 0.25) is 0 Å². The molecule has 0 spiro atoms. The first kappa shape index (κ1) is 17.2. The molecule has 0 aromatic heterocycles. The number of nitrogens with one attached hydrogen (secondary N) is 1. The zero-order valence-corrected chi connectivity index (χ0v) is 13.4. The van der Waals surface area contributed by atoms with Gasteiger partial charge in [0.15, 0.2) is 5.78 Å². The van der Waals surface area contributed by atoms with Crippen LogP contribution in [0.25, 0.3) is 0 Å². The van der Waals surface area contributed by atoms with E-state index in [1.807, 2.05) is 18.2 Å². The summed E-state index contributed by atoms with van der Waals surface area (Å²) in [5, 5.41) is 12.9. The van der Waals surface area contributed by atoms with Crippen LogP contribution in [0, 0.1) is 0 Å². The quantitative estimate of drug-likeness (QED) is 0.552. The molecule has 4 heteroatoms. The average Bonchev–Trinajstić information content (AvgIpc) is 2.61. The van der Waals surface area contributed by atoms with Crippen LogP contribution in [0.2, 0.25) is 0 Å². The lowest BCUT2D eigenvalue weighted by atomic mass is 10.0. The number of aliphatic hydroxyl groups is 1. The van der Waals surface area contributed by atoms with Gasteiger partial charge >= 0.3 is 0 Å². The second-order valence-corrected chi connectivity index (χ2v) is 5.39. The first-order valence-corrected chi connectivity index (χ1v) is 7.92. The maximum Gasteiger partial charge on any atom is 0.193 e. The SMILES string of the molecule is CCCNCC(O)COc1ccc(C(=O)c2ccccc2)cc1. The second-order valence-electron chi connectivity index (χ2n) is 5.39. The van der Waals surface area contributed by atoms with Gasteiger partial charge in [-0.3, -0.25) is 4.79 Å². The fourth-order valence-corrected chi connectivity index (χ4v) is 2.16. The standard InChI is InChI=1S/C19H23NO3/c1-2-12-20-13-17(21)14-23-18-10-8-16(9-11-18)19(22)15-6-4-3-5-7-15/h3-11,17,20-21H,2,12-14H2,1H3. The zero-order valence-electron chi connectivity index (χ0n) is 13.4. The summed E-state index contributed by atoms with van der Waals surface area (Å²) in [4.78, 5) is 12.3. The predicted octanol–water partition coefficient (Wildman–Crippen LogP) is 2.66. The fourth-order valence-electron chi connectivity index (χ4n) is 2.16. The highest BCUT2D eigenvalue weighted by Crippen LogP contribution is 2.15. The van der Waals surface area contributed by atoms with Gasteiger partial charge < -0.3 is 15.2 Å². The Bertz CT molecular complexity index is 596. The molecule has 0 heterocycles. The normalized spacial score (nSPS) is 11.9. The summed E-state index contributed by atoms with van der Waals surface area (Å²) in [6, 6.07) is 16.2. The fraction of sp³-hybridized carbons (Fsp3) is 0.316. The molecule has 0 radical (unpaired) electrons. The molecule has 122 valence electrons. The molecule has 0 fully saturated rings. The molecule has 0 saturated heterocycles. The Labute approximate surface area is 137 Å². The van der Waals surface area contributed by atoms with E-state index in [1.54, 1.807) is 36.4 Å². The molecule has 0 aliphatic rings. The van der Waals surface area contributed by atoms with Gasteiger partial charge in [-0.15, -0.1) is 0 Å². The minimum Gasteiger partial charge on any atom is -0.491 e. The molecular weight excluding hydrogens is 290 g/mol. The largest absolute Gasteiger partial charge is 0.491 e. The van der Waals surface area contributed by atoms with E-state index in [4.69, 9.17) is 4.74 Å². The topological polar surface area (TPSA) is 58.6 Å². The molecule has 2 aromatic rings. The number of benzene rings is 2. The number of ketones is 1. The molecule has 0 saturated carbocycles. The summed E-state index contributed by atoms with van der Waals surface area (Å²) in [5.41, 5.74) is 1.28. The van der Waals surface area contributed by atoms with Crippen molar-refractivity contribution in [3.63, 3.8) is 0 Å². The summed E-state index contributed by atoms with van der Waals surface area (Å²) >= 11 is 0. The molecule has 0 aliphatic heterocycles. The van der Waals surface area contributed by atoms with Gasteiger partial charge in [-0.1, -0.05) is 37.3 Å². The average molecular weight is 313 g/mol. The van der Waals surface area contributed by atoms with Gasteiger partial charge in [0, 0.05) is 17.7 Å². The third-order valence-electron chi connectivity index (χ3n) is 3.40. The van der Waals surface area contributed by atoms with Crippen molar-refractivity contribution in [1.29, 1.82) is 0 Å². The molecule has 2 aromatic carbocycles. The van der Waals surface area contributed by atoms with Gasteiger partial charge in [0.25, 0.3) is 0 Å². The molecule has 4 nitrogen and oxygen atoms in total. The van der Waals surface area contributed by atoms with E-state index in [0.717, 1.165) is 13.0 Å². The van der Waals surface area contributed by atoms with Crippen molar-refractivity contribution in [3.05, 3.63) is 65.7 Å². The highest BCUT2D eigenvalue weighted by Gasteiger charge is 2.09. The monoisotopic (exact) mass is 313 g/mol. The minimum atomic E-state index is -0.549. The Hall–Kier alpha value is -2.17. The van der Waals surface area contributed by atoms with Crippen molar-refractivity contribution in [1.82, 2.24) is 5.32 Å². The van der Waals surface area contributed by atoms with Gasteiger partial charge in [0.1, 0.15) is 18.5 Å². The first-order chi connectivity index (χ1) is 11.2. The van der Waals surface area contributed by atoms with Gasteiger partial charge in [-0.2, -0.15) is 0 Å². The van der Waals surface area contributed by atoms with Gasteiger partial charge in [-0.25, -0.2) is 0 Å². The molecule has 1 unspecified atom stereocenters. The number of aliphatic hydroxyl groups excluding tert-OH is 1. The lowest BCUT2D eigenvalue weighted by molar-refractivity contribution is 0.103. The van der Waals surface area contributed by atoms with Crippen LogP contribution in [0.15, 0.2) is 54.6 Å². The molecule has 23 heavy (non-hydrogen) atoms. The summed E-state index contributed by atoms with van der Waals surface area (Å²) in [6.07, 6.45) is 0.483. The Kier molecular flexibility index (Phi) is 6.78. The van der Waals surface area contributed by atoms with E-state index in [2.05, 4.69) is 12.2 Å². The van der Waals surface area contributed by atoms with Crippen LogP contribution < -0.4 is 10.1 Å². The zero-order chi connectivity index (χ0) is 16.5. The van der Waals surface area contributed by atoms with Crippen molar-refractivity contribution in [2.75, 3.05) is 19.7 Å². The maximum absolute atomic E-state index is 12.3. The second kappa shape index (κ2) is 9.08. The third kappa shape index (κ3) is 5.51. The van der Waals surface area contributed by atoms with Crippen molar-refractivity contribution in [2.45, 2.75) is 19.4 Å². The molecule has 2 rings (SSSR count). The van der Waals surface area contributed by atoms with Crippen LogP contribution in [0.3, 0.4) is 0 Å². The Morgan fingerprint density at radius 2 is 1.74 bits per heavy atom. The molecule has 0 aliphatic carbocycles. The molecule has 1 atom stereocenters. The van der Waals surface area contributed by atoms with Gasteiger partial charge in [-0.05, 0) is 37.2 Å². The summed E-state index contributed by atoms with van der Waals surface area (Å²) in [6.45, 7) is 3.70. The van der Waals surface area contributed by atoms with E-state index in [0.29, 0.717) is 23.4 Å². The minimum absolute atomic E-state index is 0.0130. The molecule has 0 bridgehead atoms. The van der Waals surface area contributed by atoms with Crippen molar-refractivity contribution in [2.24, 2.45) is 0 Å². The third-order valence-corrected chi connectivity index (χ3v) is 3.40. The van der Waals surface area contributed by atoms with E-state index >= 15 is 0 Å². The first-order valence-electron chi connectivity index (χ1n) is 7.92. The molecule has 2 N–H and O–H groups in total. The van der Waals surface area contributed by atoms with Crippen LogP contribution in [-0.4, -0.2) is 36.7 Å². The lowest BCUT2D eigenvalue weighted by Gasteiger charge is -2.13. The smallest absolute Gasteiger partial charge is 0.193 e. The van der Waals surface area contributed by atoms with E-state index in [-0.39, 0.29) is 12.4 Å². The molecular formula is C19H23NO3. The Morgan fingerprint density at radius 1 is 1.09 bits per heavy atom. The van der Waals surface area contributed by atoms with E-state index in [9.17, 15) is 9.90 Å². The number of hydrogen-bond acceptors (Lipinski definition) is 4. The van der Waals surface area contributed by atoms with Gasteiger partial charge in [0.05, 0.1) is 0 Å². The van der Waals surface area contributed by atoms with Crippen molar-refractivity contribution < 1.29 is 14.6 Å². The van der Waals surface area contributed by atoms with Crippen LogP contribution in [0.5, 0.6) is 5.75 Å². The van der Waals surface area contributed by atoms with E-state index < -0.39 is 6.10 Å². The summed E-state index contributed by atoms with van der Waals surface area (Å²) in [7, 11) is 0. The molecule has 0 amide bonds. The van der Waals surface area contributed by atoms with Crippen molar-refractivity contribution in [3.8, 4) is 5.75 Å². The highest BCUT2D eigenvalue weighted by molar-refractivity contribution is 6.08. The Morgan fingerprint density at radius 3 is 2.39 bits per heavy atom. The lowest BCUT2D eigenvalue weighted by Crippen LogP contribution is -2.31. The number of hydrogen-bond donors (Lipinski definition) is 2. The number of rotatable bonds is 9. The summed E-state index contributed by atoms with van der Waals surface area (Å²) < 4.78 is 5.54. The highest BCUT2D eigenvalue weighted by atomic mass is 16.5. The Balaban J connectivity index is 1.86. The number of ether oxygens (including phenoxy) is 1. The predicted molar refractivity (Wildman–Crippen MR) is 91.0 cm³/mol. The van der Waals surface area contributed by atoms with Crippen LogP contribution >= 0.6 is 0 Å². The van der Waals surface area contributed by atoms with Crippen LogP contribution in [0.4, 0.5) is 0 Å².